The van der Waals surface area contributed by atoms with E-state index in [0.717, 1.165) is 11.1 Å². The number of hydrogen-bond acceptors (Lipinski definition) is 5. The van der Waals surface area contributed by atoms with Crippen molar-refractivity contribution in [1.82, 2.24) is 0 Å². The number of anilines is 1. The first-order valence-corrected chi connectivity index (χ1v) is 5.46. The fourth-order valence-electron chi connectivity index (χ4n) is 1.67. The lowest BCUT2D eigenvalue weighted by Crippen LogP contribution is -1.84. The van der Waals surface area contributed by atoms with Crippen LogP contribution in [0.15, 0.2) is 63.1 Å². The Morgan fingerprint density at radius 2 is 1.26 bits per heavy atom. The Labute approximate surface area is 109 Å². The molecule has 0 aliphatic rings. The summed E-state index contributed by atoms with van der Waals surface area (Å²) in [5.41, 5.74) is 9.29. The number of nitrogen functional groups attached to an aromatic ring is 1. The molecule has 0 atom stereocenters. The molecule has 0 aromatic heterocycles. The maximum Gasteiger partial charge on any atom is 0.116 e. The second-order valence-corrected chi connectivity index (χ2v) is 3.76. The topological polar surface area (TPSA) is 127 Å². The number of rotatable bonds is 3. The first-order chi connectivity index (χ1) is 9.24. The van der Waals surface area contributed by atoms with Gasteiger partial charge in [-0.25, -0.2) is 0 Å². The van der Waals surface area contributed by atoms with Crippen LogP contribution in [0.25, 0.3) is 11.1 Å². The number of benzene rings is 2. The summed E-state index contributed by atoms with van der Waals surface area (Å²) < 4.78 is 0. The van der Waals surface area contributed by atoms with Crippen molar-refractivity contribution >= 4 is 17.1 Å². The van der Waals surface area contributed by atoms with Crippen LogP contribution >= 0.6 is 0 Å². The molecule has 96 valence electrons. The molecule has 7 heteroatoms. The minimum Gasteiger partial charge on any atom is -0.399 e. The van der Waals surface area contributed by atoms with E-state index in [4.69, 9.17) is 17.4 Å². The molecule has 0 spiro atoms. The summed E-state index contributed by atoms with van der Waals surface area (Å²) in [6, 6.07) is 12.9. The molecule has 0 saturated heterocycles. The van der Waals surface area contributed by atoms with Gasteiger partial charge in [-0.15, -0.1) is 10.2 Å². The molecule has 0 saturated carbocycles. The van der Waals surface area contributed by atoms with Gasteiger partial charge in [0.25, 0.3) is 0 Å². The van der Waals surface area contributed by atoms with Gasteiger partial charge in [0, 0.05) is 5.69 Å². The number of hydrogen-bond donors (Lipinski definition) is 3. The summed E-state index contributed by atoms with van der Waals surface area (Å²) in [7, 11) is 0. The summed E-state index contributed by atoms with van der Waals surface area (Å²) in [4.78, 5) is 0. The Bertz CT molecular complexity index is 616. The van der Waals surface area contributed by atoms with Crippen LogP contribution in [-0.4, -0.2) is 0 Å². The standard InChI is InChI=1S/C12H13N7/c13-10-4-1-8(2-5-10)9-3-6-11(16-18-14)12(7-9)17-19-15/h1-7H,13H2,(H2,14,16)(H2,15,17). The molecule has 0 unspecified atom stereocenters. The molecule has 0 amide bonds. The number of nitrogens with zero attached hydrogens (tertiary/aromatic N) is 4. The normalized spacial score (nSPS) is 11.4. The third-order valence-corrected chi connectivity index (χ3v) is 2.55. The minimum absolute atomic E-state index is 0.492. The van der Waals surface area contributed by atoms with Crippen molar-refractivity contribution in [2.45, 2.75) is 0 Å². The average Bonchev–Trinajstić information content (AvgIpc) is 2.42. The lowest BCUT2D eigenvalue weighted by molar-refractivity contribution is 1.03. The molecule has 0 fully saturated rings. The van der Waals surface area contributed by atoms with Crippen LogP contribution in [0.4, 0.5) is 17.1 Å². The highest BCUT2D eigenvalue weighted by molar-refractivity contribution is 5.74. The van der Waals surface area contributed by atoms with Gasteiger partial charge >= 0.3 is 0 Å². The summed E-state index contributed by atoms with van der Waals surface area (Å²) in [6.07, 6.45) is 0. The molecule has 2 aromatic carbocycles. The van der Waals surface area contributed by atoms with E-state index in [9.17, 15) is 0 Å². The zero-order chi connectivity index (χ0) is 13.7. The van der Waals surface area contributed by atoms with Gasteiger partial charge in [0.05, 0.1) is 0 Å². The van der Waals surface area contributed by atoms with Crippen molar-refractivity contribution in [3.8, 4) is 11.1 Å². The highest BCUT2D eigenvalue weighted by Crippen LogP contribution is 2.33. The molecule has 0 radical (unpaired) electrons. The first-order valence-electron chi connectivity index (χ1n) is 5.46. The zero-order valence-electron chi connectivity index (χ0n) is 10.1. The van der Waals surface area contributed by atoms with Crippen LogP contribution in [0.1, 0.15) is 0 Å². The molecule has 0 aliphatic carbocycles. The van der Waals surface area contributed by atoms with E-state index < -0.39 is 0 Å². The summed E-state index contributed by atoms with van der Waals surface area (Å²) in [6.45, 7) is 0. The van der Waals surface area contributed by atoms with E-state index in [1.54, 1.807) is 12.1 Å². The van der Waals surface area contributed by atoms with E-state index in [1.165, 1.54) is 0 Å². The van der Waals surface area contributed by atoms with Gasteiger partial charge in [-0.2, -0.15) is 0 Å². The third kappa shape index (κ3) is 2.83. The maximum absolute atomic E-state index is 5.65. The summed E-state index contributed by atoms with van der Waals surface area (Å²) in [5.74, 6) is 10.1. The van der Waals surface area contributed by atoms with Gasteiger partial charge < -0.3 is 17.4 Å². The van der Waals surface area contributed by atoms with Crippen LogP contribution in [0.5, 0.6) is 0 Å². The SMILES string of the molecule is NN=Nc1ccc(-c2ccc(N)cc2)cc1N=NN. The molecule has 0 aliphatic heterocycles. The molecule has 6 N–H and O–H groups in total. The fraction of sp³-hybridized carbons (Fsp3) is 0. The van der Waals surface area contributed by atoms with Gasteiger partial charge in [-0.3, -0.25) is 0 Å². The van der Waals surface area contributed by atoms with Crippen molar-refractivity contribution in [3.05, 3.63) is 42.5 Å². The van der Waals surface area contributed by atoms with E-state index in [0.29, 0.717) is 17.1 Å². The highest BCUT2D eigenvalue weighted by Gasteiger charge is 2.05. The lowest BCUT2D eigenvalue weighted by Gasteiger charge is -2.04. The van der Waals surface area contributed by atoms with Crippen molar-refractivity contribution in [1.29, 1.82) is 0 Å². The molecular weight excluding hydrogens is 242 g/mol. The molecule has 2 aromatic rings. The van der Waals surface area contributed by atoms with Crippen LogP contribution in [-0.2, 0) is 0 Å². The summed E-state index contributed by atoms with van der Waals surface area (Å²) >= 11 is 0. The predicted octanol–water partition coefficient (Wildman–Crippen LogP) is 2.85. The first kappa shape index (κ1) is 12.5. The van der Waals surface area contributed by atoms with E-state index in [2.05, 4.69) is 20.7 Å². The smallest absolute Gasteiger partial charge is 0.116 e. The third-order valence-electron chi connectivity index (χ3n) is 2.55. The molecule has 7 nitrogen and oxygen atoms in total. The summed E-state index contributed by atoms with van der Waals surface area (Å²) in [5, 5.41) is 14.0. The van der Waals surface area contributed by atoms with Gasteiger partial charge in [0.2, 0.25) is 0 Å². The Kier molecular flexibility index (Phi) is 3.67. The van der Waals surface area contributed by atoms with Crippen molar-refractivity contribution in [2.75, 3.05) is 5.73 Å². The van der Waals surface area contributed by atoms with Gasteiger partial charge in [-0.05, 0) is 35.4 Å². The number of nitrogens with two attached hydrogens (primary N) is 3. The van der Waals surface area contributed by atoms with E-state index >= 15 is 0 Å². The van der Waals surface area contributed by atoms with Gasteiger partial charge in [-0.1, -0.05) is 28.6 Å². The molecular formula is C12H13N7. The quantitative estimate of drug-likeness (QED) is 0.337. The second kappa shape index (κ2) is 5.58. The van der Waals surface area contributed by atoms with Crippen LogP contribution in [0, 0.1) is 0 Å². The van der Waals surface area contributed by atoms with E-state index in [-0.39, 0.29) is 0 Å². The van der Waals surface area contributed by atoms with Crippen molar-refractivity contribution in [3.63, 3.8) is 0 Å². The van der Waals surface area contributed by atoms with Crippen LogP contribution < -0.4 is 17.4 Å². The van der Waals surface area contributed by atoms with Crippen molar-refractivity contribution < 1.29 is 0 Å². The minimum atomic E-state index is 0.492. The molecule has 0 heterocycles. The Morgan fingerprint density at radius 3 is 1.89 bits per heavy atom. The Balaban J connectivity index is 2.48. The Hall–Kier alpha value is -2.96. The van der Waals surface area contributed by atoms with Crippen LogP contribution in [0.3, 0.4) is 0 Å². The Morgan fingerprint density at radius 1 is 0.684 bits per heavy atom. The highest BCUT2D eigenvalue weighted by atomic mass is 15.3. The zero-order valence-corrected chi connectivity index (χ0v) is 10.1. The van der Waals surface area contributed by atoms with Gasteiger partial charge in [0.15, 0.2) is 0 Å². The second-order valence-electron chi connectivity index (χ2n) is 3.76. The van der Waals surface area contributed by atoms with Crippen molar-refractivity contribution in [2.24, 2.45) is 32.4 Å². The fourth-order valence-corrected chi connectivity index (χ4v) is 1.67. The van der Waals surface area contributed by atoms with E-state index in [1.807, 2.05) is 30.3 Å². The largest absolute Gasteiger partial charge is 0.399 e. The predicted molar refractivity (Wildman–Crippen MR) is 73.7 cm³/mol. The lowest BCUT2D eigenvalue weighted by atomic mass is 10.0. The molecule has 2 rings (SSSR count). The monoisotopic (exact) mass is 255 g/mol. The maximum atomic E-state index is 5.65. The average molecular weight is 255 g/mol. The molecule has 19 heavy (non-hydrogen) atoms. The van der Waals surface area contributed by atoms with Gasteiger partial charge in [0.1, 0.15) is 11.4 Å². The van der Waals surface area contributed by atoms with Crippen LogP contribution in [0.2, 0.25) is 0 Å². The molecule has 0 bridgehead atoms.